The summed E-state index contributed by atoms with van der Waals surface area (Å²) in [6.45, 7) is -4.89. The maximum absolute atomic E-state index is 15.1. The fourth-order valence-electron chi connectivity index (χ4n) is 3.77. The summed E-state index contributed by atoms with van der Waals surface area (Å²) in [7, 11) is -5.06. The number of aryl methyl sites for hydroxylation is 1. The van der Waals surface area contributed by atoms with Crippen LogP contribution in [-0.4, -0.2) is 70.0 Å². The van der Waals surface area contributed by atoms with Crippen LogP contribution in [0.4, 0.5) is 10.3 Å². The van der Waals surface area contributed by atoms with E-state index in [9.17, 15) is 18.3 Å². The molecule has 4 rings (SSSR count). The zero-order valence-corrected chi connectivity index (χ0v) is 17.1. The van der Waals surface area contributed by atoms with Gasteiger partial charge in [0.15, 0.2) is 0 Å². The first-order chi connectivity index (χ1) is 18.6. The molecule has 9 nitrogen and oxygen atoms in total. The first-order valence-corrected chi connectivity index (χ1v) is 11.0. The molecule has 2 aliphatic rings. The van der Waals surface area contributed by atoms with Gasteiger partial charge in [-0.15, -0.1) is 0 Å². The lowest BCUT2D eigenvalue weighted by molar-refractivity contribution is 0.0555. The maximum atomic E-state index is 15.1. The van der Waals surface area contributed by atoms with E-state index >= 15 is 4.39 Å². The lowest BCUT2D eigenvalue weighted by atomic mass is 9.90. The van der Waals surface area contributed by atoms with Gasteiger partial charge in [0.2, 0.25) is 16.0 Å². The van der Waals surface area contributed by atoms with Crippen molar-refractivity contribution in [1.29, 1.82) is 0 Å². The largest absolute Gasteiger partial charge is 0.393 e. The van der Waals surface area contributed by atoms with Crippen LogP contribution in [0.2, 0.25) is 0 Å². The molecule has 0 amide bonds. The Morgan fingerprint density at radius 3 is 2.84 bits per heavy atom. The van der Waals surface area contributed by atoms with Gasteiger partial charge in [0, 0.05) is 50.0 Å². The van der Waals surface area contributed by atoms with Crippen molar-refractivity contribution in [3.63, 3.8) is 0 Å². The van der Waals surface area contributed by atoms with Crippen LogP contribution < -0.4 is 10.9 Å². The Kier molecular flexibility index (Phi) is 3.49. The standard InChI is InChI=1S/C20H28FN5O4S/c1-12-9-13-11-22-20(23-14-5-7-25(8-6-14)31(2,29)30)24-18(13)26(19(12)28)17-10-15(27)3-4-16(17)21/h9,11,14-17,27H,3-8,10H2,1-2H3,(H,22,23,24)/t15-,16+,17+/m1/s1/i1D3,2D3,5D2,6D2. The van der Waals surface area contributed by atoms with Crippen molar-refractivity contribution in [2.24, 2.45) is 0 Å². The quantitative estimate of drug-likeness (QED) is 0.703. The number of pyridine rings is 1. The van der Waals surface area contributed by atoms with E-state index in [1.54, 1.807) is 0 Å². The van der Waals surface area contributed by atoms with E-state index < -0.39 is 90.3 Å². The molecule has 2 aromatic heterocycles. The molecule has 2 N–H and O–H groups in total. The van der Waals surface area contributed by atoms with E-state index in [4.69, 9.17) is 13.7 Å². The number of aliphatic hydroxyl groups excluding tert-OH is 1. The Bertz CT molecular complexity index is 1480. The van der Waals surface area contributed by atoms with Gasteiger partial charge in [-0.25, -0.2) is 22.1 Å². The summed E-state index contributed by atoms with van der Waals surface area (Å²) in [6.07, 6.45) is -10.6. The van der Waals surface area contributed by atoms with E-state index in [1.807, 2.05) is 0 Å². The van der Waals surface area contributed by atoms with Crippen LogP contribution in [0.15, 0.2) is 17.1 Å². The first-order valence-electron chi connectivity index (χ1n) is 14.6. The highest BCUT2D eigenvalue weighted by Crippen LogP contribution is 2.32. The molecule has 3 atom stereocenters. The van der Waals surface area contributed by atoms with Crippen molar-refractivity contribution >= 4 is 27.0 Å². The van der Waals surface area contributed by atoms with Gasteiger partial charge >= 0.3 is 0 Å². The number of hydrogen-bond donors (Lipinski definition) is 2. The van der Waals surface area contributed by atoms with Gasteiger partial charge in [0.05, 0.1) is 18.3 Å². The van der Waals surface area contributed by atoms with Gasteiger partial charge < -0.3 is 10.4 Å². The van der Waals surface area contributed by atoms with Crippen LogP contribution in [0.25, 0.3) is 11.0 Å². The number of fused-ring (bicyclic) bond motifs is 1. The molecule has 0 spiro atoms. The molecule has 170 valence electrons. The van der Waals surface area contributed by atoms with E-state index in [0.29, 0.717) is 0 Å². The highest BCUT2D eigenvalue weighted by Gasteiger charge is 2.33. The summed E-state index contributed by atoms with van der Waals surface area (Å²) >= 11 is 0. The topological polar surface area (TPSA) is 117 Å². The number of piperidine rings is 1. The summed E-state index contributed by atoms with van der Waals surface area (Å²) in [6, 6.07) is -2.08. The zero-order chi connectivity index (χ0) is 30.9. The highest BCUT2D eigenvalue weighted by atomic mass is 32.2. The Morgan fingerprint density at radius 1 is 1.35 bits per heavy atom. The predicted octanol–water partition coefficient (Wildman–Crippen LogP) is 1.36. The minimum Gasteiger partial charge on any atom is -0.393 e. The third-order valence-electron chi connectivity index (χ3n) is 5.37. The Hall–Kier alpha value is -2.11. The smallest absolute Gasteiger partial charge is 0.255 e. The molecule has 2 aromatic rings. The zero-order valence-electron chi connectivity index (χ0n) is 26.2. The molecule has 11 heteroatoms. The number of anilines is 1. The SMILES string of the molecule is [2H]C([2H])([2H])c1cc2cnc(NC3C([2H])([2H])CN(S(=O)(=O)C([2H])([2H])[2H])CC3([2H])[2H])nc2n([C@H]2C[C@H](O)CC[C@@H]2F)c1=O. The Labute approximate surface area is 194 Å². The van der Waals surface area contributed by atoms with Crippen molar-refractivity contribution in [3.05, 3.63) is 28.2 Å². The molecule has 1 saturated heterocycles. The number of aromatic nitrogens is 3. The number of rotatable bonds is 4. The van der Waals surface area contributed by atoms with Crippen molar-refractivity contribution in [1.82, 2.24) is 18.8 Å². The maximum Gasteiger partial charge on any atom is 0.255 e. The van der Waals surface area contributed by atoms with Crippen LogP contribution in [0.5, 0.6) is 0 Å². The molecule has 0 bridgehead atoms. The van der Waals surface area contributed by atoms with E-state index in [2.05, 4.69) is 15.3 Å². The summed E-state index contributed by atoms with van der Waals surface area (Å²) in [5.74, 6) is -0.441. The number of alkyl halides is 1. The number of halogens is 1. The molecule has 0 unspecified atom stereocenters. The Morgan fingerprint density at radius 2 is 2.13 bits per heavy atom. The summed E-state index contributed by atoms with van der Waals surface area (Å²) in [5.41, 5.74) is -1.94. The van der Waals surface area contributed by atoms with Crippen molar-refractivity contribution < 1.29 is 31.6 Å². The predicted molar refractivity (Wildman–Crippen MR) is 115 cm³/mol. The first kappa shape index (κ1) is 12.8. The second kappa shape index (κ2) is 8.44. The van der Waals surface area contributed by atoms with Gasteiger partial charge in [0.25, 0.3) is 5.56 Å². The molecule has 3 heterocycles. The summed E-state index contributed by atoms with van der Waals surface area (Å²) < 4.78 is 119. The number of aliphatic hydroxyl groups is 1. The second-order valence-corrected chi connectivity index (χ2v) is 8.98. The molecule has 0 radical (unpaired) electrons. The minimum absolute atomic E-state index is 0.0122. The molecule has 31 heavy (non-hydrogen) atoms. The summed E-state index contributed by atoms with van der Waals surface area (Å²) in [4.78, 5) is 21.5. The lowest BCUT2D eigenvalue weighted by Gasteiger charge is -2.32. The van der Waals surface area contributed by atoms with Crippen molar-refractivity contribution in [2.45, 2.75) is 63.2 Å². The fourth-order valence-corrected chi connectivity index (χ4v) is 4.26. The summed E-state index contributed by atoms with van der Waals surface area (Å²) in [5, 5.41) is 12.6. The molecule has 1 saturated carbocycles. The second-order valence-electron chi connectivity index (χ2n) is 7.51. The van der Waals surface area contributed by atoms with Crippen molar-refractivity contribution in [3.8, 4) is 0 Å². The average Bonchev–Trinajstić information content (AvgIpc) is 2.81. The molecule has 1 aliphatic heterocycles. The van der Waals surface area contributed by atoms with Crippen LogP contribution in [0.3, 0.4) is 0 Å². The Balaban J connectivity index is 1.80. The third-order valence-corrected chi connectivity index (χ3v) is 6.31. The van der Waals surface area contributed by atoms with E-state index in [-0.39, 0.29) is 34.6 Å². The monoisotopic (exact) mass is 463 g/mol. The minimum atomic E-state index is -5.06. The van der Waals surface area contributed by atoms with E-state index in [0.717, 1.165) is 16.8 Å². The number of sulfonamides is 1. The van der Waals surface area contributed by atoms with E-state index in [1.165, 1.54) is 0 Å². The van der Waals surface area contributed by atoms with Crippen LogP contribution >= 0.6 is 0 Å². The van der Waals surface area contributed by atoms with Gasteiger partial charge in [-0.3, -0.25) is 9.36 Å². The average molecular weight is 464 g/mol. The normalized spacial score (nSPS) is 35.1. The number of nitrogens with one attached hydrogen (secondary N) is 1. The fraction of sp³-hybridized carbons (Fsp3) is 0.650. The molecular formula is C20H28FN5O4S. The number of hydrogen-bond acceptors (Lipinski definition) is 7. The van der Waals surface area contributed by atoms with Gasteiger partial charge in [0.1, 0.15) is 11.8 Å². The lowest BCUT2D eigenvalue weighted by Crippen LogP contribution is -2.42. The molecule has 1 aliphatic carbocycles. The van der Waals surface area contributed by atoms with Crippen LogP contribution in [0, 0.1) is 6.85 Å². The molecular weight excluding hydrogens is 425 g/mol. The number of nitrogens with zero attached hydrogens (tertiary/aromatic N) is 4. The van der Waals surface area contributed by atoms with Crippen molar-refractivity contribution in [2.75, 3.05) is 24.6 Å². The van der Waals surface area contributed by atoms with Crippen LogP contribution in [-0.2, 0) is 10.0 Å². The molecule has 2 fully saturated rings. The highest BCUT2D eigenvalue weighted by molar-refractivity contribution is 7.88. The van der Waals surface area contributed by atoms with Gasteiger partial charge in [-0.05, 0) is 44.9 Å². The molecule has 0 aromatic carbocycles. The third kappa shape index (κ3) is 4.58. The van der Waals surface area contributed by atoms with Gasteiger partial charge in [-0.2, -0.15) is 4.98 Å². The van der Waals surface area contributed by atoms with Gasteiger partial charge in [-0.1, -0.05) is 0 Å². The van der Waals surface area contributed by atoms with Crippen LogP contribution in [0.1, 0.15) is 57.3 Å².